The average molecular weight is 335 g/mol. The number of aromatic nitrogens is 3. The molecule has 1 fully saturated rings. The van der Waals surface area contributed by atoms with Gasteiger partial charge in [-0.15, -0.1) is 0 Å². The highest BCUT2D eigenvalue weighted by molar-refractivity contribution is 5.82. The summed E-state index contributed by atoms with van der Waals surface area (Å²) in [6, 6.07) is 10.6. The van der Waals surface area contributed by atoms with Gasteiger partial charge in [0, 0.05) is 29.2 Å². The molecule has 25 heavy (non-hydrogen) atoms. The van der Waals surface area contributed by atoms with Crippen molar-refractivity contribution < 1.29 is 4.39 Å². The van der Waals surface area contributed by atoms with Crippen molar-refractivity contribution in [2.75, 3.05) is 0 Å². The van der Waals surface area contributed by atoms with Crippen LogP contribution in [0.4, 0.5) is 4.39 Å². The second kappa shape index (κ2) is 7.18. The largest absolute Gasteiger partial charge is 0.281 e. The van der Waals surface area contributed by atoms with Gasteiger partial charge in [-0.25, -0.2) is 4.39 Å². The number of nitrogens with one attached hydrogen (secondary N) is 1. The number of nitrogens with zero attached hydrogens (tertiary/aromatic N) is 2. The first-order valence-corrected chi connectivity index (χ1v) is 9.05. The zero-order valence-corrected chi connectivity index (χ0v) is 14.2. The van der Waals surface area contributed by atoms with E-state index in [-0.39, 0.29) is 5.82 Å². The van der Waals surface area contributed by atoms with Crippen LogP contribution in [-0.4, -0.2) is 15.2 Å². The van der Waals surface area contributed by atoms with Crippen molar-refractivity contribution in [2.45, 2.75) is 38.5 Å². The van der Waals surface area contributed by atoms with E-state index in [1.54, 1.807) is 24.5 Å². The van der Waals surface area contributed by atoms with E-state index >= 15 is 0 Å². The minimum Gasteiger partial charge on any atom is -0.281 e. The smallest absolute Gasteiger partial charge is 0.123 e. The molecule has 1 aliphatic rings. The van der Waals surface area contributed by atoms with Crippen molar-refractivity contribution in [1.82, 2.24) is 15.2 Å². The Kier molecular flexibility index (Phi) is 4.59. The fourth-order valence-electron chi connectivity index (χ4n) is 3.85. The molecule has 4 rings (SSSR count). The summed E-state index contributed by atoms with van der Waals surface area (Å²) in [7, 11) is 0. The maximum absolute atomic E-state index is 13.3. The lowest BCUT2D eigenvalue weighted by atomic mass is 9.84. The number of benzene rings is 1. The topological polar surface area (TPSA) is 41.6 Å². The Bertz CT molecular complexity index is 818. The van der Waals surface area contributed by atoms with E-state index in [4.69, 9.17) is 0 Å². The first-order valence-electron chi connectivity index (χ1n) is 9.05. The third kappa shape index (κ3) is 3.48. The number of pyridine rings is 1. The number of hydrogen-bond donors (Lipinski definition) is 1. The summed E-state index contributed by atoms with van der Waals surface area (Å²) >= 11 is 0. The molecule has 0 atom stereocenters. The van der Waals surface area contributed by atoms with Crippen LogP contribution in [0.5, 0.6) is 0 Å². The van der Waals surface area contributed by atoms with Crippen LogP contribution in [0.1, 0.15) is 37.8 Å². The fraction of sp³-hybridized carbons (Fsp3) is 0.333. The minimum absolute atomic E-state index is 0.229. The Hall–Kier alpha value is -2.49. The number of hydrogen-bond acceptors (Lipinski definition) is 2. The molecule has 128 valence electrons. The molecule has 0 unspecified atom stereocenters. The number of rotatable bonds is 4. The molecule has 1 aliphatic carbocycles. The molecule has 0 aliphatic heterocycles. The highest BCUT2D eigenvalue weighted by atomic mass is 19.1. The molecule has 0 spiro atoms. The highest BCUT2D eigenvalue weighted by Gasteiger charge is 2.21. The molecule has 0 radical (unpaired) electrons. The third-order valence-electron chi connectivity index (χ3n) is 5.15. The van der Waals surface area contributed by atoms with Crippen LogP contribution in [0.15, 0.2) is 48.8 Å². The van der Waals surface area contributed by atoms with E-state index in [0.717, 1.165) is 34.7 Å². The van der Waals surface area contributed by atoms with Crippen LogP contribution < -0.4 is 0 Å². The number of aromatic amines is 1. The molecule has 4 heteroatoms. The quantitative estimate of drug-likeness (QED) is 0.693. The van der Waals surface area contributed by atoms with E-state index < -0.39 is 0 Å². The van der Waals surface area contributed by atoms with Crippen molar-refractivity contribution in [3.63, 3.8) is 0 Å². The zero-order valence-electron chi connectivity index (χ0n) is 14.2. The molecule has 1 N–H and O–H groups in total. The SMILES string of the molecule is Fc1ccc(-c2n[nH]c(CC3CCCCC3)c2-c2ccncc2)cc1. The van der Waals surface area contributed by atoms with E-state index in [2.05, 4.69) is 15.2 Å². The number of halogens is 1. The van der Waals surface area contributed by atoms with Crippen molar-refractivity contribution in [2.24, 2.45) is 5.92 Å². The lowest BCUT2D eigenvalue weighted by Gasteiger charge is -2.21. The zero-order chi connectivity index (χ0) is 17.1. The maximum atomic E-state index is 13.3. The van der Waals surface area contributed by atoms with E-state index in [1.807, 2.05) is 12.1 Å². The van der Waals surface area contributed by atoms with Crippen molar-refractivity contribution >= 4 is 0 Å². The maximum Gasteiger partial charge on any atom is 0.123 e. The van der Waals surface area contributed by atoms with Gasteiger partial charge in [-0.1, -0.05) is 32.1 Å². The summed E-state index contributed by atoms with van der Waals surface area (Å²) in [4.78, 5) is 4.13. The normalized spacial score (nSPS) is 15.4. The Morgan fingerprint density at radius 3 is 2.36 bits per heavy atom. The highest BCUT2D eigenvalue weighted by Crippen LogP contribution is 2.36. The van der Waals surface area contributed by atoms with Gasteiger partial charge in [0.05, 0.1) is 0 Å². The van der Waals surface area contributed by atoms with Crippen molar-refractivity contribution in [3.05, 3.63) is 60.3 Å². The lowest BCUT2D eigenvalue weighted by molar-refractivity contribution is 0.354. The van der Waals surface area contributed by atoms with Gasteiger partial charge in [-0.3, -0.25) is 10.1 Å². The predicted octanol–water partition coefficient (Wildman–Crippen LogP) is 5.40. The average Bonchev–Trinajstić information content (AvgIpc) is 3.07. The molecular weight excluding hydrogens is 313 g/mol. The second-order valence-corrected chi connectivity index (χ2v) is 6.88. The Balaban J connectivity index is 1.75. The first kappa shape index (κ1) is 16.0. The summed E-state index contributed by atoms with van der Waals surface area (Å²) in [5, 5.41) is 7.86. The molecule has 0 amide bonds. The first-order chi connectivity index (χ1) is 12.3. The molecule has 0 saturated heterocycles. The van der Waals surface area contributed by atoms with Gasteiger partial charge in [0.1, 0.15) is 11.5 Å². The van der Waals surface area contributed by atoms with Gasteiger partial charge in [0.15, 0.2) is 0 Å². The van der Waals surface area contributed by atoms with Gasteiger partial charge in [0.2, 0.25) is 0 Å². The van der Waals surface area contributed by atoms with Gasteiger partial charge in [-0.2, -0.15) is 5.10 Å². The molecule has 0 bridgehead atoms. The monoisotopic (exact) mass is 335 g/mol. The van der Waals surface area contributed by atoms with Crippen LogP contribution in [-0.2, 0) is 6.42 Å². The summed E-state index contributed by atoms with van der Waals surface area (Å²) in [5.74, 6) is 0.489. The van der Waals surface area contributed by atoms with Crippen molar-refractivity contribution in [1.29, 1.82) is 0 Å². The van der Waals surface area contributed by atoms with Gasteiger partial charge in [0.25, 0.3) is 0 Å². The van der Waals surface area contributed by atoms with Gasteiger partial charge < -0.3 is 0 Å². The molecule has 2 aromatic heterocycles. The molecule has 3 aromatic rings. The van der Waals surface area contributed by atoms with Crippen LogP contribution >= 0.6 is 0 Å². The Morgan fingerprint density at radius 1 is 0.920 bits per heavy atom. The Morgan fingerprint density at radius 2 is 1.64 bits per heavy atom. The molecule has 1 saturated carbocycles. The van der Waals surface area contributed by atoms with Crippen molar-refractivity contribution in [3.8, 4) is 22.4 Å². The van der Waals surface area contributed by atoms with Crippen LogP contribution in [0.3, 0.4) is 0 Å². The summed E-state index contributed by atoms with van der Waals surface area (Å²) in [5.41, 5.74) is 5.22. The van der Waals surface area contributed by atoms with E-state index in [1.165, 1.54) is 49.9 Å². The standard InChI is InChI=1S/C21H22FN3/c22-18-8-6-17(7-9-18)21-20(16-10-12-23-13-11-16)19(24-25-21)14-15-4-2-1-3-5-15/h6-13,15H,1-5,14H2,(H,24,25). The predicted molar refractivity (Wildman–Crippen MR) is 97.5 cm³/mol. The summed E-state index contributed by atoms with van der Waals surface area (Å²) in [6.07, 6.45) is 11.2. The van der Waals surface area contributed by atoms with Crippen LogP contribution in [0, 0.1) is 11.7 Å². The van der Waals surface area contributed by atoms with Gasteiger partial charge >= 0.3 is 0 Å². The fourth-order valence-corrected chi connectivity index (χ4v) is 3.85. The lowest BCUT2D eigenvalue weighted by Crippen LogP contribution is -2.10. The van der Waals surface area contributed by atoms with Crippen LogP contribution in [0.2, 0.25) is 0 Å². The molecule has 1 aromatic carbocycles. The number of H-pyrrole nitrogens is 1. The third-order valence-corrected chi connectivity index (χ3v) is 5.15. The van der Waals surface area contributed by atoms with E-state index in [0.29, 0.717) is 0 Å². The van der Waals surface area contributed by atoms with Crippen LogP contribution in [0.25, 0.3) is 22.4 Å². The van der Waals surface area contributed by atoms with Gasteiger partial charge in [-0.05, 0) is 54.3 Å². The Labute approximate surface area is 147 Å². The molecule has 3 nitrogen and oxygen atoms in total. The summed E-state index contributed by atoms with van der Waals surface area (Å²) in [6.45, 7) is 0. The van der Waals surface area contributed by atoms with E-state index in [9.17, 15) is 4.39 Å². The molecule has 2 heterocycles. The second-order valence-electron chi connectivity index (χ2n) is 6.88. The minimum atomic E-state index is -0.229. The summed E-state index contributed by atoms with van der Waals surface area (Å²) < 4.78 is 13.3. The molecular formula is C21H22FN3.